The minimum absolute atomic E-state index is 0.0122. The first-order valence-corrected chi connectivity index (χ1v) is 8.44. The number of hydrogen-bond acceptors (Lipinski definition) is 4. The topological polar surface area (TPSA) is 54.3 Å². The van der Waals surface area contributed by atoms with Gasteiger partial charge in [0.2, 0.25) is 5.91 Å². The van der Waals surface area contributed by atoms with Gasteiger partial charge in [-0.25, -0.2) is 4.39 Å². The number of hydrogen-bond donors (Lipinski definition) is 0. The van der Waals surface area contributed by atoms with Crippen molar-refractivity contribution in [3.8, 4) is 0 Å². The number of amides is 1. The summed E-state index contributed by atoms with van der Waals surface area (Å²) < 4.78 is 19.9. The van der Waals surface area contributed by atoms with Crippen LogP contribution in [0.1, 0.15) is 40.0 Å². The highest BCUT2D eigenvalue weighted by Crippen LogP contribution is 2.27. The third kappa shape index (κ3) is 4.24. The van der Waals surface area contributed by atoms with Crippen molar-refractivity contribution >= 4 is 5.91 Å². The molecule has 126 valence electrons. The van der Waals surface area contributed by atoms with Crippen molar-refractivity contribution in [2.75, 3.05) is 26.2 Å². The summed E-state index contributed by atoms with van der Waals surface area (Å²) in [7, 11) is 0. The molecule has 1 saturated heterocycles. The first-order valence-electron chi connectivity index (χ1n) is 8.44. The van der Waals surface area contributed by atoms with E-state index >= 15 is 0 Å². The first-order chi connectivity index (χ1) is 10.5. The quantitative estimate of drug-likeness (QED) is 0.783. The van der Waals surface area contributed by atoms with Crippen LogP contribution in [0.3, 0.4) is 0 Å². The van der Waals surface area contributed by atoms with Crippen LogP contribution in [-0.2, 0) is 9.53 Å². The van der Waals surface area contributed by atoms with Crippen molar-refractivity contribution in [2.45, 2.75) is 58.4 Å². The molecule has 0 spiro atoms. The fraction of sp³-hybridized carbons (Fsp3) is 0.938. The van der Waals surface area contributed by atoms with Crippen LogP contribution in [0.25, 0.3) is 0 Å². The van der Waals surface area contributed by atoms with Crippen LogP contribution in [0.15, 0.2) is 10.2 Å². The average molecular weight is 313 g/mol. The van der Waals surface area contributed by atoms with Gasteiger partial charge in [-0.15, -0.1) is 0 Å². The van der Waals surface area contributed by atoms with Gasteiger partial charge >= 0.3 is 0 Å². The van der Waals surface area contributed by atoms with Gasteiger partial charge in [-0.1, -0.05) is 13.3 Å². The van der Waals surface area contributed by atoms with E-state index in [1.54, 1.807) is 4.90 Å². The van der Waals surface area contributed by atoms with E-state index < -0.39 is 6.17 Å². The Bertz CT molecular complexity index is 403. The summed E-state index contributed by atoms with van der Waals surface area (Å²) in [5.74, 6) is 0.160. The van der Waals surface area contributed by atoms with Crippen LogP contribution in [-0.4, -0.2) is 55.4 Å². The predicted octanol–water partition coefficient (Wildman–Crippen LogP) is 2.85. The van der Waals surface area contributed by atoms with E-state index in [1.807, 2.05) is 13.8 Å². The molecule has 0 saturated carbocycles. The largest absolute Gasteiger partial charge is 0.372 e. The first kappa shape index (κ1) is 17.3. The number of carbonyl (C=O) groups is 1. The minimum Gasteiger partial charge on any atom is -0.372 e. The Morgan fingerprint density at radius 2 is 2.09 bits per heavy atom. The smallest absolute Gasteiger partial charge is 0.228 e. The number of piperidine rings is 1. The van der Waals surface area contributed by atoms with Crippen LogP contribution >= 0.6 is 0 Å². The highest BCUT2D eigenvalue weighted by atomic mass is 19.1. The summed E-state index contributed by atoms with van der Waals surface area (Å²) in [5, 5.41) is 8.11. The zero-order chi connectivity index (χ0) is 16.1. The SMILES string of the molecule is CCCC1CN=NCC1C(=O)N1CC[C@H](OC(C)C)[C@H](F)C1. The molecule has 5 nitrogen and oxygen atoms in total. The molecule has 2 aliphatic rings. The fourth-order valence-corrected chi connectivity index (χ4v) is 3.35. The Balaban J connectivity index is 1.94. The summed E-state index contributed by atoms with van der Waals surface area (Å²) in [6.07, 6.45) is 1.09. The Hall–Kier alpha value is -1.04. The summed E-state index contributed by atoms with van der Waals surface area (Å²) in [6, 6.07) is 0. The monoisotopic (exact) mass is 313 g/mol. The Labute approximate surface area is 132 Å². The van der Waals surface area contributed by atoms with Gasteiger partial charge < -0.3 is 9.64 Å². The standard InChI is InChI=1S/C16H28FN3O2/c1-4-5-12-8-18-19-9-13(12)16(21)20-7-6-15(14(17)10-20)22-11(2)3/h11-15H,4-10H2,1-3H3/t12?,13?,14-,15+/m1/s1. The molecule has 1 amide bonds. The number of likely N-dealkylation sites (tertiary alicyclic amines) is 1. The van der Waals surface area contributed by atoms with E-state index in [1.165, 1.54) is 0 Å². The van der Waals surface area contributed by atoms with Crippen molar-refractivity contribution in [1.82, 2.24) is 4.90 Å². The zero-order valence-corrected chi connectivity index (χ0v) is 13.9. The predicted molar refractivity (Wildman–Crippen MR) is 82.6 cm³/mol. The van der Waals surface area contributed by atoms with Crippen LogP contribution < -0.4 is 0 Å². The van der Waals surface area contributed by atoms with Crippen molar-refractivity contribution in [3.05, 3.63) is 0 Å². The number of alkyl halides is 1. The second-order valence-electron chi connectivity index (χ2n) is 6.62. The van der Waals surface area contributed by atoms with Crippen molar-refractivity contribution in [3.63, 3.8) is 0 Å². The maximum atomic E-state index is 14.3. The maximum Gasteiger partial charge on any atom is 0.228 e. The molecule has 2 aliphatic heterocycles. The second kappa shape index (κ2) is 7.99. The Kier molecular flexibility index (Phi) is 6.29. The normalized spacial score (nSPS) is 32.5. The van der Waals surface area contributed by atoms with E-state index in [0.29, 0.717) is 26.1 Å². The number of nitrogens with zero attached hydrogens (tertiary/aromatic N) is 3. The van der Waals surface area contributed by atoms with Gasteiger partial charge in [-0.05, 0) is 32.6 Å². The lowest BCUT2D eigenvalue weighted by atomic mass is 9.86. The van der Waals surface area contributed by atoms with Crippen LogP contribution in [0.5, 0.6) is 0 Å². The number of halogens is 1. The molecule has 2 rings (SSSR count). The number of ether oxygens (including phenoxy) is 1. The molecule has 0 N–H and O–H groups in total. The van der Waals surface area contributed by atoms with E-state index in [0.717, 1.165) is 12.8 Å². The zero-order valence-electron chi connectivity index (χ0n) is 13.9. The molecule has 0 radical (unpaired) electrons. The molecule has 1 fully saturated rings. The van der Waals surface area contributed by atoms with Crippen molar-refractivity contribution in [1.29, 1.82) is 0 Å². The minimum atomic E-state index is -1.10. The average Bonchev–Trinajstić information content (AvgIpc) is 2.49. The third-order valence-electron chi connectivity index (χ3n) is 4.48. The maximum absolute atomic E-state index is 14.3. The molecule has 0 aromatic heterocycles. The molecule has 2 heterocycles. The number of carbonyl (C=O) groups excluding carboxylic acids is 1. The Morgan fingerprint density at radius 3 is 2.73 bits per heavy atom. The van der Waals surface area contributed by atoms with Crippen molar-refractivity contribution < 1.29 is 13.9 Å². The van der Waals surface area contributed by atoms with Gasteiger partial charge in [0, 0.05) is 6.54 Å². The van der Waals surface area contributed by atoms with Gasteiger partial charge in [0.15, 0.2) is 0 Å². The molecule has 4 atom stereocenters. The number of azo groups is 1. The van der Waals surface area contributed by atoms with Gasteiger partial charge in [0.05, 0.1) is 37.8 Å². The molecule has 0 bridgehead atoms. The van der Waals surface area contributed by atoms with Gasteiger partial charge in [0.1, 0.15) is 6.17 Å². The number of rotatable bonds is 5. The summed E-state index contributed by atoms with van der Waals surface area (Å²) in [4.78, 5) is 14.4. The van der Waals surface area contributed by atoms with E-state index in [4.69, 9.17) is 4.74 Å². The third-order valence-corrected chi connectivity index (χ3v) is 4.48. The molecule has 0 aliphatic carbocycles. The van der Waals surface area contributed by atoms with Crippen LogP contribution in [0.2, 0.25) is 0 Å². The van der Waals surface area contributed by atoms with E-state index in [9.17, 15) is 9.18 Å². The summed E-state index contributed by atoms with van der Waals surface area (Å²) >= 11 is 0. The summed E-state index contributed by atoms with van der Waals surface area (Å²) in [5.41, 5.74) is 0. The highest BCUT2D eigenvalue weighted by Gasteiger charge is 2.38. The second-order valence-corrected chi connectivity index (χ2v) is 6.62. The fourth-order valence-electron chi connectivity index (χ4n) is 3.35. The van der Waals surface area contributed by atoms with Crippen LogP contribution in [0, 0.1) is 11.8 Å². The van der Waals surface area contributed by atoms with Crippen molar-refractivity contribution in [2.24, 2.45) is 22.1 Å². The van der Waals surface area contributed by atoms with E-state index in [2.05, 4.69) is 17.2 Å². The molecular weight excluding hydrogens is 285 g/mol. The molecule has 22 heavy (non-hydrogen) atoms. The van der Waals surface area contributed by atoms with E-state index in [-0.39, 0.29) is 36.5 Å². The summed E-state index contributed by atoms with van der Waals surface area (Å²) in [6.45, 7) is 7.71. The molecule has 2 unspecified atom stereocenters. The highest BCUT2D eigenvalue weighted by molar-refractivity contribution is 5.79. The molecule has 0 aromatic carbocycles. The lowest BCUT2D eigenvalue weighted by Gasteiger charge is -2.38. The van der Waals surface area contributed by atoms with Gasteiger partial charge in [0.25, 0.3) is 0 Å². The van der Waals surface area contributed by atoms with Gasteiger partial charge in [-0.2, -0.15) is 10.2 Å². The van der Waals surface area contributed by atoms with Crippen LogP contribution in [0.4, 0.5) is 4.39 Å². The lowest BCUT2D eigenvalue weighted by Crippen LogP contribution is -2.52. The van der Waals surface area contributed by atoms with Gasteiger partial charge in [-0.3, -0.25) is 4.79 Å². The molecule has 0 aromatic rings. The Morgan fingerprint density at radius 1 is 1.36 bits per heavy atom. The molecular formula is C16H28FN3O2. The lowest BCUT2D eigenvalue weighted by molar-refractivity contribution is -0.144. The molecule has 6 heteroatoms.